The number of carbonyl (C=O) groups is 1. The highest BCUT2D eigenvalue weighted by molar-refractivity contribution is 5.94. The predicted octanol–water partition coefficient (Wildman–Crippen LogP) is 2.14. The van der Waals surface area contributed by atoms with E-state index < -0.39 is 0 Å². The van der Waals surface area contributed by atoms with Crippen LogP contribution < -0.4 is 4.74 Å². The molecule has 1 amide bonds. The van der Waals surface area contributed by atoms with Gasteiger partial charge in [0.1, 0.15) is 11.6 Å². The fourth-order valence-electron chi connectivity index (χ4n) is 2.85. The fourth-order valence-corrected chi connectivity index (χ4v) is 2.85. The van der Waals surface area contributed by atoms with Crippen LogP contribution in [0.4, 0.5) is 0 Å². The van der Waals surface area contributed by atoms with Gasteiger partial charge in [-0.15, -0.1) is 0 Å². The van der Waals surface area contributed by atoms with Crippen molar-refractivity contribution in [3.63, 3.8) is 0 Å². The van der Waals surface area contributed by atoms with Crippen LogP contribution in [0.1, 0.15) is 40.8 Å². The summed E-state index contributed by atoms with van der Waals surface area (Å²) in [4.78, 5) is 19.0. The van der Waals surface area contributed by atoms with Crippen LogP contribution in [0, 0.1) is 6.92 Å². The fraction of sp³-hybridized carbons (Fsp3) is 0.438. The Kier molecular flexibility index (Phi) is 4.09. The minimum absolute atomic E-state index is 0.0378. The molecule has 2 aromatic rings. The summed E-state index contributed by atoms with van der Waals surface area (Å²) in [7, 11) is 1.60. The molecule has 1 aliphatic rings. The molecule has 1 unspecified atom stereocenters. The van der Waals surface area contributed by atoms with Crippen LogP contribution >= 0.6 is 0 Å². The van der Waals surface area contributed by atoms with E-state index in [-0.39, 0.29) is 11.8 Å². The average Bonchev–Trinajstić information content (AvgIpc) is 3.01. The molecule has 0 saturated carbocycles. The first-order valence-electron chi connectivity index (χ1n) is 7.49. The number of aryl methyl sites for hydroxylation is 1. The van der Waals surface area contributed by atoms with Gasteiger partial charge in [-0.2, -0.15) is 5.10 Å². The Labute approximate surface area is 129 Å². The second-order valence-electron chi connectivity index (χ2n) is 5.60. The smallest absolute Gasteiger partial charge is 0.254 e. The third-order valence-electron chi connectivity index (χ3n) is 4.00. The number of nitrogens with zero attached hydrogens (tertiary/aromatic N) is 3. The maximum atomic E-state index is 12.7. The molecule has 22 heavy (non-hydrogen) atoms. The van der Waals surface area contributed by atoms with E-state index in [1.165, 1.54) is 0 Å². The van der Waals surface area contributed by atoms with Crippen molar-refractivity contribution in [1.29, 1.82) is 0 Å². The molecule has 0 radical (unpaired) electrons. The molecule has 116 valence electrons. The number of hydrogen-bond donors (Lipinski definition) is 1. The van der Waals surface area contributed by atoms with Gasteiger partial charge in [0.05, 0.1) is 7.11 Å². The van der Waals surface area contributed by atoms with Gasteiger partial charge in [0, 0.05) is 24.6 Å². The van der Waals surface area contributed by atoms with E-state index in [1.54, 1.807) is 13.2 Å². The van der Waals surface area contributed by atoms with E-state index >= 15 is 0 Å². The number of likely N-dealkylation sites (tertiary alicyclic amines) is 1. The van der Waals surface area contributed by atoms with Crippen LogP contribution in [-0.4, -0.2) is 46.2 Å². The highest BCUT2D eigenvalue weighted by Gasteiger charge is 2.27. The lowest BCUT2D eigenvalue weighted by atomic mass is 9.96. The third-order valence-corrected chi connectivity index (χ3v) is 4.00. The third kappa shape index (κ3) is 2.95. The van der Waals surface area contributed by atoms with Crippen molar-refractivity contribution in [2.75, 3.05) is 20.2 Å². The predicted molar refractivity (Wildman–Crippen MR) is 82.0 cm³/mol. The summed E-state index contributed by atoms with van der Waals surface area (Å²) in [5, 5.41) is 7.11. The number of methoxy groups -OCH3 is 1. The molecule has 6 nitrogen and oxygen atoms in total. The highest BCUT2D eigenvalue weighted by atomic mass is 16.5. The normalized spacial score (nSPS) is 18.3. The monoisotopic (exact) mass is 300 g/mol. The summed E-state index contributed by atoms with van der Waals surface area (Å²) in [6.45, 7) is 3.32. The maximum Gasteiger partial charge on any atom is 0.254 e. The van der Waals surface area contributed by atoms with Crippen LogP contribution in [-0.2, 0) is 0 Å². The Bertz CT molecular complexity index is 668. The van der Waals surface area contributed by atoms with Gasteiger partial charge in [0.15, 0.2) is 5.82 Å². The molecule has 1 atom stereocenters. The summed E-state index contributed by atoms with van der Waals surface area (Å²) >= 11 is 0. The van der Waals surface area contributed by atoms with Crippen LogP contribution in [0.2, 0.25) is 0 Å². The van der Waals surface area contributed by atoms with Gasteiger partial charge < -0.3 is 9.64 Å². The number of hydrogen-bond acceptors (Lipinski definition) is 4. The van der Waals surface area contributed by atoms with E-state index in [0.29, 0.717) is 17.9 Å². The number of H-pyrrole nitrogens is 1. The van der Waals surface area contributed by atoms with E-state index in [2.05, 4.69) is 15.2 Å². The molecule has 1 fully saturated rings. The molecule has 0 spiro atoms. The number of nitrogens with one attached hydrogen (secondary N) is 1. The SMILES string of the molecule is COc1cccc(C(=O)N2CCCC(c3n[nH]c(C)n3)C2)c1. The number of aromatic amines is 1. The number of piperidine rings is 1. The van der Waals surface area contributed by atoms with Crippen molar-refractivity contribution in [2.24, 2.45) is 0 Å². The molecule has 6 heteroatoms. The standard InChI is InChI=1S/C16H20N4O2/c1-11-17-15(19-18-11)13-6-4-8-20(10-13)16(21)12-5-3-7-14(9-12)22-2/h3,5,7,9,13H,4,6,8,10H2,1-2H3,(H,17,18,19). The summed E-state index contributed by atoms with van der Waals surface area (Å²) in [6.07, 6.45) is 1.98. The van der Waals surface area contributed by atoms with Crippen LogP contribution in [0.15, 0.2) is 24.3 Å². The molecular weight excluding hydrogens is 280 g/mol. The minimum atomic E-state index is 0.0378. The Hall–Kier alpha value is -2.37. The van der Waals surface area contributed by atoms with E-state index in [9.17, 15) is 4.79 Å². The van der Waals surface area contributed by atoms with Crippen molar-refractivity contribution >= 4 is 5.91 Å². The molecule has 1 aromatic heterocycles. The zero-order chi connectivity index (χ0) is 15.5. The zero-order valence-electron chi connectivity index (χ0n) is 12.9. The molecule has 2 heterocycles. The van der Waals surface area contributed by atoms with Crippen molar-refractivity contribution in [3.8, 4) is 5.75 Å². The second kappa shape index (κ2) is 6.17. The second-order valence-corrected chi connectivity index (χ2v) is 5.60. The number of rotatable bonds is 3. The number of amides is 1. The molecule has 1 N–H and O–H groups in total. The molecule has 1 saturated heterocycles. The van der Waals surface area contributed by atoms with Crippen molar-refractivity contribution in [2.45, 2.75) is 25.7 Å². The van der Waals surface area contributed by atoms with Crippen molar-refractivity contribution < 1.29 is 9.53 Å². The first-order chi connectivity index (χ1) is 10.7. The number of aromatic nitrogens is 3. The quantitative estimate of drug-likeness (QED) is 0.942. The molecule has 0 aliphatic carbocycles. The van der Waals surface area contributed by atoms with Crippen LogP contribution in [0.5, 0.6) is 5.75 Å². The Morgan fingerprint density at radius 3 is 3.05 bits per heavy atom. The molecule has 3 rings (SSSR count). The van der Waals surface area contributed by atoms with Gasteiger partial charge in [-0.25, -0.2) is 4.98 Å². The van der Waals surface area contributed by atoms with Gasteiger partial charge >= 0.3 is 0 Å². The summed E-state index contributed by atoms with van der Waals surface area (Å²) in [6, 6.07) is 7.28. The van der Waals surface area contributed by atoms with Crippen LogP contribution in [0.3, 0.4) is 0 Å². The molecular formula is C16H20N4O2. The first-order valence-corrected chi connectivity index (χ1v) is 7.49. The zero-order valence-corrected chi connectivity index (χ0v) is 12.9. The molecule has 1 aromatic carbocycles. The van der Waals surface area contributed by atoms with E-state index in [1.807, 2.05) is 30.0 Å². The average molecular weight is 300 g/mol. The molecule has 1 aliphatic heterocycles. The van der Waals surface area contributed by atoms with Crippen molar-refractivity contribution in [1.82, 2.24) is 20.1 Å². The van der Waals surface area contributed by atoms with Crippen LogP contribution in [0.25, 0.3) is 0 Å². The summed E-state index contributed by atoms with van der Waals surface area (Å²) < 4.78 is 5.19. The number of benzene rings is 1. The molecule has 0 bridgehead atoms. The Morgan fingerprint density at radius 2 is 2.32 bits per heavy atom. The number of carbonyl (C=O) groups excluding carboxylic acids is 1. The lowest BCUT2D eigenvalue weighted by molar-refractivity contribution is 0.0704. The van der Waals surface area contributed by atoms with Gasteiger partial charge in [0.25, 0.3) is 5.91 Å². The largest absolute Gasteiger partial charge is 0.497 e. The van der Waals surface area contributed by atoms with Gasteiger partial charge in [-0.3, -0.25) is 9.89 Å². The highest BCUT2D eigenvalue weighted by Crippen LogP contribution is 2.26. The number of ether oxygens (including phenoxy) is 1. The van der Waals surface area contributed by atoms with E-state index in [0.717, 1.165) is 31.0 Å². The first kappa shape index (κ1) is 14.6. The van der Waals surface area contributed by atoms with Crippen molar-refractivity contribution in [3.05, 3.63) is 41.5 Å². The maximum absolute atomic E-state index is 12.7. The summed E-state index contributed by atoms with van der Waals surface area (Å²) in [5.74, 6) is 2.56. The lowest BCUT2D eigenvalue weighted by Gasteiger charge is -2.31. The Balaban J connectivity index is 1.75. The van der Waals surface area contributed by atoms with E-state index in [4.69, 9.17) is 4.74 Å². The Morgan fingerprint density at radius 1 is 1.45 bits per heavy atom. The van der Waals surface area contributed by atoms with Gasteiger partial charge in [-0.05, 0) is 38.0 Å². The van der Waals surface area contributed by atoms with Gasteiger partial charge in [-0.1, -0.05) is 6.07 Å². The van der Waals surface area contributed by atoms with Gasteiger partial charge in [0.2, 0.25) is 0 Å². The topological polar surface area (TPSA) is 71.1 Å². The lowest BCUT2D eigenvalue weighted by Crippen LogP contribution is -2.39. The minimum Gasteiger partial charge on any atom is -0.497 e. The summed E-state index contributed by atoms with van der Waals surface area (Å²) in [5.41, 5.74) is 0.658.